The van der Waals surface area contributed by atoms with Crippen LogP contribution in [0.2, 0.25) is 0 Å². The molecule has 0 N–H and O–H groups in total. The van der Waals surface area contributed by atoms with E-state index in [0.717, 1.165) is 0 Å². The number of thiophene rings is 1. The second-order valence-corrected chi connectivity index (χ2v) is 5.45. The molecule has 0 aromatic carbocycles. The summed E-state index contributed by atoms with van der Waals surface area (Å²) in [5.41, 5.74) is 0.276. The van der Waals surface area contributed by atoms with Gasteiger partial charge in [-0.05, 0) is 6.42 Å². The lowest BCUT2D eigenvalue weighted by atomic mass is 10.4. The molecule has 1 rings (SSSR count). The first-order valence-corrected chi connectivity index (χ1v) is 6.45. The highest BCUT2D eigenvalue weighted by atomic mass is 32.2. The average Bonchev–Trinajstić information content (AvgIpc) is 2.51. The Bertz CT molecular complexity index is 389. The van der Waals surface area contributed by atoms with E-state index in [0.29, 0.717) is 12.7 Å². The molecule has 0 aliphatic rings. The van der Waals surface area contributed by atoms with Gasteiger partial charge in [0.25, 0.3) is 0 Å². The third-order valence-corrected chi connectivity index (χ3v) is 4.47. The van der Waals surface area contributed by atoms with Gasteiger partial charge in [-0.25, -0.2) is 8.42 Å². The van der Waals surface area contributed by atoms with Crippen molar-refractivity contribution in [3.8, 4) is 0 Å². The first-order valence-electron chi connectivity index (χ1n) is 3.86. The maximum Gasteiger partial charge on any atom is 0.179 e. The van der Waals surface area contributed by atoms with E-state index >= 15 is 0 Å². The minimum Gasteiger partial charge on any atom is -0.298 e. The van der Waals surface area contributed by atoms with E-state index in [4.69, 9.17) is 0 Å². The van der Waals surface area contributed by atoms with E-state index < -0.39 is 9.84 Å². The predicted molar refractivity (Wildman–Crippen MR) is 52.1 cm³/mol. The van der Waals surface area contributed by atoms with Crippen LogP contribution < -0.4 is 0 Å². The molecule has 0 bridgehead atoms. The fourth-order valence-corrected chi connectivity index (χ4v) is 3.72. The summed E-state index contributed by atoms with van der Waals surface area (Å²) < 4.78 is 23.0. The van der Waals surface area contributed by atoms with E-state index in [1.807, 2.05) is 0 Å². The summed E-state index contributed by atoms with van der Waals surface area (Å²) in [5, 5.41) is 3.06. The Morgan fingerprint density at radius 1 is 1.46 bits per heavy atom. The molecule has 0 aliphatic heterocycles. The molecule has 1 heterocycles. The molecule has 13 heavy (non-hydrogen) atoms. The van der Waals surface area contributed by atoms with Crippen LogP contribution >= 0.6 is 11.3 Å². The summed E-state index contributed by atoms with van der Waals surface area (Å²) in [6.45, 7) is 1.80. The molecule has 72 valence electrons. The van der Waals surface area contributed by atoms with E-state index in [-0.39, 0.29) is 16.2 Å². The first kappa shape index (κ1) is 10.4. The Kier molecular flexibility index (Phi) is 3.22. The third kappa shape index (κ3) is 2.16. The van der Waals surface area contributed by atoms with Gasteiger partial charge in [0.2, 0.25) is 0 Å². The van der Waals surface area contributed by atoms with Gasteiger partial charge in [0.1, 0.15) is 0 Å². The highest BCUT2D eigenvalue weighted by Crippen LogP contribution is 2.20. The van der Waals surface area contributed by atoms with Crippen molar-refractivity contribution in [2.75, 3.05) is 5.75 Å². The molecular weight excluding hydrogens is 208 g/mol. The zero-order chi connectivity index (χ0) is 9.90. The molecule has 0 radical (unpaired) electrons. The second kappa shape index (κ2) is 4.02. The van der Waals surface area contributed by atoms with Crippen molar-refractivity contribution in [2.45, 2.75) is 18.2 Å². The summed E-state index contributed by atoms with van der Waals surface area (Å²) in [6.07, 6.45) is 1.15. The van der Waals surface area contributed by atoms with E-state index in [1.165, 1.54) is 16.7 Å². The van der Waals surface area contributed by atoms with Crippen LogP contribution in [0.3, 0.4) is 0 Å². The van der Waals surface area contributed by atoms with Crippen molar-refractivity contribution in [1.82, 2.24) is 0 Å². The largest absolute Gasteiger partial charge is 0.298 e. The zero-order valence-corrected chi connectivity index (χ0v) is 8.82. The van der Waals surface area contributed by atoms with Crippen LogP contribution in [0.4, 0.5) is 0 Å². The molecule has 0 saturated carbocycles. The smallest absolute Gasteiger partial charge is 0.179 e. The highest BCUT2D eigenvalue weighted by Gasteiger charge is 2.17. The van der Waals surface area contributed by atoms with Gasteiger partial charge in [-0.15, -0.1) is 0 Å². The summed E-state index contributed by atoms with van der Waals surface area (Å²) in [7, 11) is -3.23. The minimum atomic E-state index is -3.23. The van der Waals surface area contributed by atoms with Crippen LogP contribution in [0, 0.1) is 0 Å². The summed E-state index contributed by atoms with van der Waals surface area (Å²) in [5.74, 6) is 0.102. The van der Waals surface area contributed by atoms with E-state index in [1.54, 1.807) is 12.3 Å². The van der Waals surface area contributed by atoms with Crippen molar-refractivity contribution in [2.24, 2.45) is 0 Å². The Morgan fingerprint density at radius 3 is 2.69 bits per heavy atom. The van der Waals surface area contributed by atoms with Gasteiger partial charge in [0.05, 0.1) is 10.6 Å². The normalized spacial score (nSPS) is 11.5. The summed E-state index contributed by atoms with van der Waals surface area (Å²) >= 11 is 1.23. The van der Waals surface area contributed by atoms with Gasteiger partial charge < -0.3 is 0 Å². The number of hydrogen-bond donors (Lipinski definition) is 0. The van der Waals surface area contributed by atoms with Crippen molar-refractivity contribution >= 4 is 27.5 Å². The number of hydrogen-bond acceptors (Lipinski definition) is 4. The van der Waals surface area contributed by atoms with Crippen LogP contribution in [-0.4, -0.2) is 20.5 Å². The first-order chi connectivity index (χ1) is 6.11. The number of aldehydes is 1. The molecule has 1 aromatic rings. The standard InChI is InChI=1S/C8H10O3S2/c1-2-3-13(10,11)8-6-12-5-7(8)4-9/h4-6H,2-3H2,1H3. The fourth-order valence-electron chi connectivity index (χ4n) is 1.01. The Morgan fingerprint density at radius 2 is 2.15 bits per heavy atom. The fraction of sp³-hybridized carbons (Fsp3) is 0.375. The van der Waals surface area contributed by atoms with Crippen LogP contribution in [0.5, 0.6) is 0 Å². The maximum atomic E-state index is 11.5. The maximum absolute atomic E-state index is 11.5. The number of sulfone groups is 1. The molecule has 3 nitrogen and oxygen atoms in total. The topological polar surface area (TPSA) is 51.2 Å². The minimum absolute atomic E-state index is 0.102. The monoisotopic (exact) mass is 218 g/mol. The van der Waals surface area contributed by atoms with Crippen LogP contribution in [0.25, 0.3) is 0 Å². The SMILES string of the molecule is CCCS(=O)(=O)c1cscc1C=O. The average molecular weight is 218 g/mol. The summed E-state index contributed by atoms with van der Waals surface area (Å²) in [4.78, 5) is 10.7. The molecule has 0 fully saturated rings. The Hall–Kier alpha value is -0.680. The molecule has 0 saturated heterocycles. The van der Waals surface area contributed by atoms with Gasteiger partial charge in [-0.1, -0.05) is 6.92 Å². The van der Waals surface area contributed by atoms with Gasteiger partial charge >= 0.3 is 0 Å². The van der Waals surface area contributed by atoms with Crippen LogP contribution in [0.15, 0.2) is 15.7 Å². The van der Waals surface area contributed by atoms with Gasteiger partial charge in [0, 0.05) is 16.3 Å². The van der Waals surface area contributed by atoms with Gasteiger partial charge in [-0.3, -0.25) is 4.79 Å². The number of carbonyl (C=O) groups excluding carboxylic acids is 1. The van der Waals surface area contributed by atoms with Crippen LogP contribution in [-0.2, 0) is 9.84 Å². The third-order valence-electron chi connectivity index (χ3n) is 1.59. The second-order valence-electron chi connectivity index (χ2n) is 2.63. The zero-order valence-electron chi connectivity index (χ0n) is 7.19. The predicted octanol–water partition coefficient (Wildman–Crippen LogP) is 1.74. The number of carbonyl (C=O) groups is 1. The summed E-state index contributed by atoms with van der Waals surface area (Å²) in [6, 6.07) is 0. The Balaban J connectivity index is 3.14. The van der Waals surface area contributed by atoms with Crippen molar-refractivity contribution in [1.29, 1.82) is 0 Å². The molecule has 0 aliphatic carbocycles. The molecule has 0 amide bonds. The van der Waals surface area contributed by atoms with Gasteiger partial charge in [-0.2, -0.15) is 11.3 Å². The number of rotatable bonds is 4. The lowest BCUT2D eigenvalue weighted by molar-refractivity contribution is 0.112. The van der Waals surface area contributed by atoms with Gasteiger partial charge in [0.15, 0.2) is 16.1 Å². The molecule has 1 aromatic heterocycles. The van der Waals surface area contributed by atoms with Crippen LogP contribution in [0.1, 0.15) is 23.7 Å². The lowest BCUT2D eigenvalue weighted by Crippen LogP contribution is -2.06. The Labute approximate surface area is 81.3 Å². The van der Waals surface area contributed by atoms with Crippen molar-refractivity contribution < 1.29 is 13.2 Å². The van der Waals surface area contributed by atoms with Crippen molar-refractivity contribution in [3.05, 3.63) is 16.3 Å². The molecular formula is C8H10O3S2. The van der Waals surface area contributed by atoms with Crippen molar-refractivity contribution in [3.63, 3.8) is 0 Å². The molecule has 0 atom stereocenters. The lowest BCUT2D eigenvalue weighted by Gasteiger charge is -1.99. The van der Waals surface area contributed by atoms with E-state index in [9.17, 15) is 13.2 Å². The highest BCUT2D eigenvalue weighted by molar-refractivity contribution is 7.91. The molecule has 0 unspecified atom stereocenters. The molecule has 0 spiro atoms. The van der Waals surface area contributed by atoms with E-state index in [2.05, 4.69) is 0 Å². The quantitative estimate of drug-likeness (QED) is 0.723. The molecule has 5 heteroatoms.